The number of anilines is 1. The van der Waals surface area contributed by atoms with E-state index in [0.29, 0.717) is 6.04 Å². The van der Waals surface area contributed by atoms with Gasteiger partial charge in [0.1, 0.15) is 0 Å². The molecule has 1 saturated heterocycles. The lowest BCUT2D eigenvalue weighted by Gasteiger charge is -2.36. The monoisotopic (exact) mass is 290 g/mol. The first-order valence-electron chi connectivity index (χ1n) is 7.63. The molecule has 1 aliphatic heterocycles. The molecule has 1 aromatic rings. The maximum Gasteiger partial charge on any atom is 0.321 e. The van der Waals surface area contributed by atoms with E-state index in [0.717, 1.165) is 37.4 Å². The molecule has 1 aromatic carbocycles. The molecule has 0 spiro atoms. The van der Waals surface area contributed by atoms with Gasteiger partial charge in [-0.3, -0.25) is 4.90 Å². The van der Waals surface area contributed by atoms with Crippen molar-refractivity contribution >= 4 is 11.7 Å². The topological polar surface area (TPSA) is 61.6 Å². The van der Waals surface area contributed by atoms with Crippen LogP contribution in [0, 0.1) is 0 Å². The molecule has 0 aromatic heterocycles. The summed E-state index contributed by atoms with van der Waals surface area (Å²) in [5.74, 6) is 0. The second-order valence-electron chi connectivity index (χ2n) is 5.96. The van der Waals surface area contributed by atoms with Crippen LogP contribution in [0.5, 0.6) is 0 Å². The molecule has 5 heteroatoms. The van der Waals surface area contributed by atoms with Crippen LogP contribution < -0.4 is 11.1 Å². The molecule has 0 aliphatic carbocycles. The van der Waals surface area contributed by atoms with Crippen molar-refractivity contribution in [3.8, 4) is 0 Å². The molecule has 2 rings (SSSR count). The van der Waals surface area contributed by atoms with Crippen LogP contribution in [-0.2, 0) is 0 Å². The van der Waals surface area contributed by atoms with Crippen LogP contribution >= 0.6 is 0 Å². The Morgan fingerprint density at radius 2 is 1.86 bits per heavy atom. The summed E-state index contributed by atoms with van der Waals surface area (Å²) in [5, 5.41) is 2.96. The minimum absolute atomic E-state index is 0.0276. The summed E-state index contributed by atoms with van der Waals surface area (Å²) in [6, 6.07) is 8.21. The normalized spacial score (nSPS) is 17.9. The summed E-state index contributed by atoms with van der Waals surface area (Å²) >= 11 is 0. The van der Waals surface area contributed by atoms with Gasteiger partial charge in [-0.15, -0.1) is 0 Å². The summed E-state index contributed by atoms with van der Waals surface area (Å²) in [6.45, 7) is 9.74. The molecule has 0 radical (unpaired) electrons. The van der Waals surface area contributed by atoms with Crippen LogP contribution in [-0.4, -0.2) is 48.1 Å². The van der Waals surface area contributed by atoms with Gasteiger partial charge >= 0.3 is 6.03 Å². The number of carbonyl (C=O) groups is 1. The lowest BCUT2D eigenvalue weighted by molar-refractivity contribution is 0.125. The fourth-order valence-corrected chi connectivity index (χ4v) is 2.54. The Hall–Kier alpha value is -1.59. The van der Waals surface area contributed by atoms with E-state index in [1.54, 1.807) is 0 Å². The largest absolute Gasteiger partial charge is 0.324 e. The molecular formula is C16H26N4O. The molecule has 1 aliphatic rings. The van der Waals surface area contributed by atoms with E-state index < -0.39 is 0 Å². The van der Waals surface area contributed by atoms with Gasteiger partial charge in [0.15, 0.2) is 0 Å². The van der Waals surface area contributed by atoms with Crippen LogP contribution in [0.3, 0.4) is 0 Å². The average Bonchev–Trinajstić information content (AvgIpc) is 2.47. The number of hydrogen-bond acceptors (Lipinski definition) is 3. The standard InChI is InChI=1S/C16H26N4O/c1-12(2)19-7-9-20(10-8-19)16(21)18-15-6-4-5-14(11-15)13(3)17/h4-6,11-13H,7-10,17H2,1-3H3,(H,18,21). The van der Waals surface area contributed by atoms with Gasteiger partial charge in [0.25, 0.3) is 0 Å². The van der Waals surface area contributed by atoms with Crippen molar-refractivity contribution in [3.05, 3.63) is 29.8 Å². The van der Waals surface area contributed by atoms with Crippen LogP contribution in [0.2, 0.25) is 0 Å². The Kier molecular flexibility index (Phi) is 5.20. The molecule has 1 unspecified atom stereocenters. The third kappa shape index (κ3) is 4.19. The number of nitrogens with zero attached hydrogens (tertiary/aromatic N) is 2. The van der Waals surface area contributed by atoms with Crippen molar-refractivity contribution in [3.63, 3.8) is 0 Å². The van der Waals surface area contributed by atoms with Crippen LogP contribution in [0.25, 0.3) is 0 Å². The molecule has 3 N–H and O–H groups in total. The zero-order valence-electron chi connectivity index (χ0n) is 13.2. The summed E-state index contributed by atoms with van der Waals surface area (Å²) < 4.78 is 0. The molecule has 116 valence electrons. The van der Waals surface area contributed by atoms with E-state index in [-0.39, 0.29) is 12.1 Å². The quantitative estimate of drug-likeness (QED) is 0.897. The zero-order chi connectivity index (χ0) is 15.4. The van der Waals surface area contributed by atoms with E-state index in [1.165, 1.54) is 0 Å². The number of carbonyl (C=O) groups excluding carboxylic acids is 1. The van der Waals surface area contributed by atoms with Gasteiger partial charge in [0, 0.05) is 44.0 Å². The van der Waals surface area contributed by atoms with Crippen molar-refractivity contribution in [2.75, 3.05) is 31.5 Å². The third-order valence-corrected chi connectivity index (χ3v) is 4.00. The van der Waals surface area contributed by atoms with E-state index in [2.05, 4.69) is 24.1 Å². The second-order valence-corrected chi connectivity index (χ2v) is 5.96. The highest BCUT2D eigenvalue weighted by Crippen LogP contribution is 2.16. The highest BCUT2D eigenvalue weighted by Gasteiger charge is 2.22. The molecule has 21 heavy (non-hydrogen) atoms. The predicted molar refractivity (Wildman–Crippen MR) is 86.3 cm³/mol. The second kappa shape index (κ2) is 6.91. The summed E-state index contributed by atoms with van der Waals surface area (Å²) in [6.07, 6.45) is 0. The molecule has 1 atom stereocenters. The number of rotatable bonds is 3. The van der Waals surface area contributed by atoms with Crippen molar-refractivity contribution in [2.24, 2.45) is 5.73 Å². The number of nitrogens with one attached hydrogen (secondary N) is 1. The van der Waals surface area contributed by atoms with E-state index >= 15 is 0 Å². The fourth-order valence-electron chi connectivity index (χ4n) is 2.54. The highest BCUT2D eigenvalue weighted by molar-refractivity contribution is 5.89. The lowest BCUT2D eigenvalue weighted by Crippen LogP contribution is -2.51. The zero-order valence-corrected chi connectivity index (χ0v) is 13.2. The first-order chi connectivity index (χ1) is 9.97. The molecule has 5 nitrogen and oxygen atoms in total. The minimum Gasteiger partial charge on any atom is -0.324 e. The Bertz CT molecular complexity index is 479. The van der Waals surface area contributed by atoms with Crippen LogP contribution in [0.4, 0.5) is 10.5 Å². The third-order valence-electron chi connectivity index (χ3n) is 4.00. The maximum atomic E-state index is 12.3. The minimum atomic E-state index is -0.0311. The van der Waals surface area contributed by atoms with E-state index in [4.69, 9.17) is 5.73 Å². The smallest absolute Gasteiger partial charge is 0.321 e. The summed E-state index contributed by atoms with van der Waals surface area (Å²) in [5.41, 5.74) is 7.70. The van der Waals surface area contributed by atoms with Gasteiger partial charge in [-0.05, 0) is 38.5 Å². The SMILES string of the molecule is CC(N)c1cccc(NC(=O)N2CCN(C(C)C)CC2)c1. The number of benzene rings is 1. The Morgan fingerprint density at radius 3 is 2.43 bits per heavy atom. The van der Waals surface area contributed by atoms with Crippen molar-refractivity contribution in [1.82, 2.24) is 9.80 Å². The number of hydrogen-bond donors (Lipinski definition) is 2. The van der Waals surface area contributed by atoms with Crippen LogP contribution in [0.15, 0.2) is 24.3 Å². The summed E-state index contributed by atoms with van der Waals surface area (Å²) in [7, 11) is 0. The van der Waals surface area contributed by atoms with E-state index in [9.17, 15) is 4.79 Å². The molecular weight excluding hydrogens is 264 g/mol. The van der Waals surface area contributed by atoms with Crippen LogP contribution in [0.1, 0.15) is 32.4 Å². The Morgan fingerprint density at radius 1 is 1.19 bits per heavy atom. The molecule has 1 fully saturated rings. The highest BCUT2D eigenvalue weighted by atomic mass is 16.2. The van der Waals surface area contributed by atoms with Gasteiger partial charge in [-0.1, -0.05) is 12.1 Å². The Labute approximate surface area is 127 Å². The number of piperazine rings is 1. The molecule has 1 heterocycles. The molecule has 2 amide bonds. The average molecular weight is 290 g/mol. The van der Waals surface area contributed by atoms with Gasteiger partial charge in [0.05, 0.1) is 0 Å². The van der Waals surface area contributed by atoms with Gasteiger partial charge in [-0.2, -0.15) is 0 Å². The number of nitrogens with two attached hydrogens (primary N) is 1. The lowest BCUT2D eigenvalue weighted by atomic mass is 10.1. The molecule has 0 saturated carbocycles. The predicted octanol–water partition coefficient (Wildman–Crippen LogP) is 2.26. The van der Waals surface area contributed by atoms with E-state index in [1.807, 2.05) is 36.1 Å². The maximum absolute atomic E-state index is 12.3. The number of amides is 2. The van der Waals surface area contributed by atoms with Gasteiger partial charge < -0.3 is 16.0 Å². The molecule has 0 bridgehead atoms. The van der Waals surface area contributed by atoms with Crippen molar-refractivity contribution in [2.45, 2.75) is 32.9 Å². The first-order valence-corrected chi connectivity index (χ1v) is 7.63. The summed E-state index contributed by atoms with van der Waals surface area (Å²) in [4.78, 5) is 16.6. The van der Waals surface area contributed by atoms with Crippen molar-refractivity contribution < 1.29 is 4.79 Å². The first kappa shape index (κ1) is 15.8. The van der Waals surface area contributed by atoms with Gasteiger partial charge in [-0.25, -0.2) is 4.79 Å². The fraction of sp³-hybridized carbons (Fsp3) is 0.562. The number of urea groups is 1. The van der Waals surface area contributed by atoms with Crippen molar-refractivity contribution in [1.29, 1.82) is 0 Å². The van der Waals surface area contributed by atoms with Gasteiger partial charge in [0.2, 0.25) is 0 Å². The Balaban J connectivity index is 1.92.